The van der Waals surface area contributed by atoms with Crippen LogP contribution >= 0.6 is 0 Å². The van der Waals surface area contributed by atoms with Gasteiger partial charge in [0.25, 0.3) is 0 Å². The number of hydrogen-bond donors (Lipinski definition) is 0. The Morgan fingerprint density at radius 1 is 0.455 bits per heavy atom. The lowest BCUT2D eigenvalue weighted by Crippen LogP contribution is -2.13. The zero-order chi connectivity index (χ0) is 47.3. The number of carbonyl (C=O) groups is 6. The van der Waals surface area contributed by atoms with Gasteiger partial charge < -0.3 is 42.6 Å². The number of ether oxygens (including phenoxy) is 9. The minimum Gasteiger partial charge on any atom is -0.496 e. The second-order valence-corrected chi connectivity index (χ2v) is 14.6. The molecule has 6 aromatic rings. The van der Waals surface area contributed by atoms with Crippen LogP contribution in [0.1, 0.15) is 83.2 Å². The third kappa shape index (κ3) is 12.7. The van der Waals surface area contributed by atoms with Gasteiger partial charge in [0.2, 0.25) is 0 Å². The van der Waals surface area contributed by atoms with Crippen LogP contribution in [-0.2, 0) is 9.53 Å². The molecule has 0 aliphatic carbocycles. The summed E-state index contributed by atoms with van der Waals surface area (Å²) in [5.41, 5.74) is 1.99. The zero-order valence-electron chi connectivity index (χ0n) is 36.7. The fraction of sp³-hybridized carbons (Fsp3) is 0.176. The fourth-order valence-corrected chi connectivity index (χ4v) is 6.13. The highest BCUT2D eigenvalue weighted by atomic mass is 16.6. The van der Waals surface area contributed by atoms with E-state index in [1.165, 1.54) is 111 Å². The monoisotopic (exact) mass is 896 g/mol. The highest BCUT2D eigenvalue weighted by Gasteiger charge is 2.20. The van der Waals surface area contributed by atoms with E-state index in [9.17, 15) is 28.8 Å². The highest BCUT2D eigenvalue weighted by Crippen LogP contribution is 2.31. The Bertz CT molecular complexity index is 2700. The van der Waals surface area contributed by atoms with E-state index in [0.717, 1.165) is 0 Å². The third-order valence-corrected chi connectivity index (χ3v) is 9.68. The number of benzene rings is 6. The predicted octanol–water partition coefficient (Wildman–Crippen LogP) is 9.14. The standard InChI is InChI=1S/C51H44O15/c1-30-27-43(28-31(2)46(30)66-50(56)37-13-19-40(20-14-37)63-47(53)34-7-15-38(16-8-34)61-33(4)52)65-49(55)36-9-17-39(18-10-36)62-48(54)35-11-21-41(22-12-35)64-51(57)44-24-23-42(29-45(44)59-6)60-26-25-32(3)58-5/h7-24,27-29,32H,25-26H2,1-6H3. The molecule has 0 N–H and O–H groups in total. The molecule has 1 unspecified atom stereocenters. The van der Waals surface area contributed by atoms with Crippen LogP contribution in [0, 0.1) is 13.8 Å². The number of rotatable bonds is 17. The van der Waals surface area contributed by atoms with Crippen LogP contribution < -0.4 is 37.9 Å². The van der Waals surface area contributed by atoms with Crippen LogP contribution in [0.2, 0.25) is 0 Å². The van der Waals surface area contributed by atoms with Crippen molar-refractivity contribution in [1.82, 2.24) is 0 Å². The predicted molar refractivity (Wildman–Crippen MR) is 237 cm³/mol. The summed E-state index contributed by atoms with van der Waals surface area (Å²) in [7, 11) is 3.06. The van der Waals surface area contributed by atoms with Crippen molar-refractivity contribution in [2.45, 2.75) is 40.2 Å². The molecule has 0 fully saturated rings. The van der Waals surface area contributed by atoms with E-state index in [-0.39, 0.29) is 74.2 Å². The molecule has 66 heavy (non-hydrogen) atoms. The van der Waals surface area contributed by atoms with Crippen LogP contribution in [0.5, 0.6) is 46.0 Å². The summed E-state index contributed by atoms with van der Waals surface area (Å²) in [6.07, 6.45) is 0.725. The van der Waals surface area contributed by atoms with Gasteiger partial charge in [-0.3, -0.25) is 4.79 Å². The second-order valence-electron chi connectivity index (χ2n) is 14.6. The van der Waals surface area contributed by atoms with Gasteiger partial charge in [-0.05, 0) is 153 Å². The van der Waals surface area contributed by atoms with Gasteiger partial charge in [-0.25, -0.2) is 24.0 Å². The number of carbonyl (C=O) groups excluding carboxylic acids is 6. The Kier molecular flexibility index (Phi) is 15.6. The molecule has 15 heteroatoms. The van der Waals surface area contributed by atoms with E-state index in [1.54, 1.807) is 51.3 Å². The first-order valence-corrected chi connectivity index (χ1v) is 20.3. The summed E-state index contributed by atoms with van der Waals surface area (Å²) in [5.74, 6) is -1.74. The minimum absolute atomic E-state index is 0.0394. The summed E-state index contributed by atoms with van der Waals surface area (Å²) in [4.78, 5) is 75.7. The van der Waals surface area contributed by atoms with Gasteiger partial charge in [-0.15, -0.1) is 0 Å². The fourth-order valence-electron chi connectivity index (χ4n) is 6.13. The molecule has 15 nitrogen and oxygen atoms in total. The van der Waals surface area contributed by atoms with Crippen LogP contribution in [0.4, 0.5) is 0 Å². The minimum atomic E-state index is -0.687. The van der Waals surface area contributed by atoms with Crippen LogP contribution in [0.15, 0.2) is 127 Å². The topological polar surface area (TPSA) is 185 Å². The molecule has 338 valence electrons. The van der Waals surface area contributed by atoms with Gasteiger partial charge in [0.1, 0.15) is 51.6 Å². The van der Waals surface area contributed by atoms with Gasteiger partial charge in [0.05, 0.1) is 42.1 Å². The molecule has 6 rings (SSSR count). The lowest BCUT2D eigenvalue weighted by atomic mass is 10.1. The maximum atomic E-state index is 13.1. The number of esters is 6. The molecule has 6 aromatic carbocycles. The van der Waals surface area contributed by atoms with Gasteiger partial charge in [-0.2, -0.15) is 0 Å². The van der Waals surface area contributed by atoms with E-state index in [4.69, 9.17) is 42.6 Å². The third-order valence-electron chi connectivity index (χ3n) is 9.68. The number of hydrogen-bond acceptors (Lipinski definition) is 15. The van der Waals surface area contributed by atoms with E-state index >= 15 is 0 Å². The maximum Gasteiger partial charge on any atom is 0.347 e. The van der Waals surface area contributed by atoms with Gasteiger partial charge in [-0.1, -0.05) is 0 Å². The molecular formula is C51H44O15. The molecule has 0 saturated carbocycles. The first kappa shape index (κ1) is 47.2. The lowest BCUT2D eigenvalue weighted by Gasteiger charge is -2.13. The summed E-state index contributed by atoms with van der Waals surface area (Å²) in [6, 6.07) is 31.1. The van der Waals surface area contributed by atoms with E-state index in [0.29, 0.717) is 29.9 Å². The SMILES string of the molecule is COc1cc(OCCC(C)OC)ccc1C(=O)Oc1ccc(C(=O)Oc2ccc(C(=O)Oc3cc(C)c(OC(=O)c4ccc(OC(=O)c5ccc(OC(C)=O)cc5)cc4)c(C)c3)cc2)cc1. The number of methoxy groups -OCH3 is 2. The van der Waals surface area contributed by atoms with Crippen molar-refractivity contribution < 1.29 is 71.4 Å². The molecule has 0 radical (unpaired) electrons. The zero-order valence-corrected chi connectivity index (χ0v) is 36.7. The Hall–Kier alpha value is -8.30. The molecule has 0 aromatic heterocycles. The van der Waals surface area contributed by atoms with Crippen molar-refractivity contribution in [3.63, 3.8) is 0 Å². The van der Waals surface area contributed by atoms with Gasteiger partial charge in [0, 0.05) is 26.5 Å². The first-order chi connectivity index (χ1) is 31.7. The normalized spacial score (nSPS) is 11.1. The smallest absolute Gasteiger partial charge is 0.347 e. The van der Waals surface area contributed by atoms with E-state index in [1.807, 2.05) is 6.92 Å². The molecule has 0 amide bonds. The molecule has 0 spiro atoms. The van der Waals surface area contributed by atoms with Crippen LogP contribution in [0.25, 0.3) is 0 Å². The molecular weight excluding hydrogens is 853 g/mol. The Morgan fingerprint density at radius 3 is 1.24 bits per heavy atom. The molecule has 0 aliphatic heterocycles. The summed E-state index contributed by atoms with van der Waals surface area (Å²) in [5, 5.41) is 0. The molecule has 0 saturated heterocycles. The van der Waals surface area contributed by atoms with Crippen molar-refractivity contribution in [2.24, 2.45) is 0 Å². The van der Waals surface area contributed by atoms with Gasteiger partial charge in [0.15, 0.2) is 0 Å². The van der Waals surface area contributed by atoms with Gasteiger partial charge >= 0.3 is 35.8 Å². The number of aryl methyl sites for hydroxylation is 2. The quantitative estimate of drug-likeness (QED) is 0.0623. The Morgan fingerprint density at radius 2 is 0.833 bits per heavy atom. The van der Waals surface area contributed by atoms with Crippen molar-refractivity contribution in [3.8, 4) is 46.0 Å². The summed E-state index contributed by atoms with van der Waals surface area (Å²) in [6.45, 7) is 7.01. The van der Waals surface area contributed by atoms with Crippen molar-refractivity contribution >= 4 is 35.8 Å². The molecule has 0 heterocycles. The van der Waals surface area contributed by atoms with Crippen molar-refractivity contribution in [1.29, 1.82) is 0 Å². The van der Waals surface area contributed by atoms with Crippen LogP contribution in [0.3, 0.4) is 0 Å². The highest BCUT2D eigenvalue weighted by molar-refractivity contribution is 5.96. The summed E-state index contributed by atoms with van der Waals surface area (Å²) >= 11 is 0. The first-order valence-electron chi connectivity index (χ1n) is 20.3. The largest absolute Gasteiger partial charge is 0.496 e. The molecule has 1 atom stereocenters. The summed E-state index contributed by atoms with van der Waals surface area (Å²) < 4.78 is 49.0. The second kappa shape index (κ2) is 21.9. The average Bonchev–Trinajstić information content (AvgIpc) is 3.30. The Balaban J connectivity index is 0.978. The van der Waals surface area contributed by atoms with E-state index < -0.39 is 35.8 Å². The van der Waals surface area contributed by atoms with Crippen molar-refractivity contribution in [3.05, 3.63) is 166 Å². The van der Waals surface area contributed by atoms with E-state index in [2.05, 4.69) is 0 Å². The average molecular weight is 897 g/mol. The lowest BCUT2D eigenvalue weighted by molar-refractivity contribution is -0.131. The maximum absolute atomic E-state index is 13.1. The Labute approximate surface area is 379 Å². The molecule has 0 aliphatic rings. The van der Waals surface area contributed by atoms with Crippen LogP contribution in [-0.4, -0.2) is 62.7 Å². The molecule has 0 bridgehead atoms. The van der Waals surface area contributed by atoms with Crippen molar-refractivity contribution in [2.75, 3.05) is 20.8 Å².